The van der Waals surface area contributed by atoms with Gasteiger partial charge in [-0.25, -0.2) is 0 Å². The van der Waals surface area contributed by atoms with Crippen LogP contribution in [0.1, 0.15) is 22.3 Å². The van der Waals surface area contributed by atoms with Crippen molar-refractivity contribution in [2.45, 2.75) is 5.41 Å². The van der Waals surface area contributed by atoms with Crippen LogP contribution in [0.25, 0.3) is 33.1 Å². The molecule has 0 fully saturated rings. The maximum Gasteiger partial charge on any atom is 0.137 e. The maximum atomic E-state index is 6.33. The van der Waals surface area contributed by atoms with Crippen LogP contribution in [-0.2, 0) is 5.41 Å². The third-order valence-electron chi connectivity index (χ3n) is 9.30. The Bertz CT molecular complexity index is 2470. The number of furan rings is 1. The van der Waals surface area contributed by atoms with Crippen LogP contribution >= 0.6 is 0 Å². The van der Waals surface area contributed by atoms with Crippen LogP contribution in [0.3, 0.4) is 0 Å². The van der Waals surface area contributed by atoms with Crippen molar-refractivity contribution in [3.8, 4) is 23.0 Å². The summed E-state index contributed by atoms with van der Waals surface area (Å²) in [7, 11) is 0. The molecule has 2 nitrogen and oxygen atoms in total. The largest absolute Gasteiger partial charge is 0.456 e. The lowest BCUT2D eigenvalue weighted by molar-refractivity contribution is 0.669. The van der Waals surface area contributed by atoms with Crippen LogP contribution in [-0.4, -0.2) is 0 Å². The quantitative estimate of drug-likeness (QED) is 0.187. The van der Waals surface area contributed by atoms with Gasteiger partial charge in [0.15, 0.2) is 0 Å². The van der Waals surface area contributed by atoms with Gasteiger partial charge in [0.05, 0.1) is 0 Å². The summed E-state index contributed by atoms with van der Waals surface area (Å²) in [5, 5.41) is 2.24. The van der Waals surface area contributed by atoms with Gasteiger partial charge in [-0.15, -0.1) is 0 Å². The van der Waals surface area contributed by atoms with Crippen LogP contribution in [0.2, 0.25) is 0 Å². The number of nitrogens with zero attached hydrogens (tertiary/aromatic N) is 1. The summed E-state index contributed by atoms with van der Waals surface area (Å²) < 4.78 is 6.33. The van der Waals surface area contributed by atoms with Crippen LogP contribution < -0.4 is 4.90 Å². The van der Waals surface area contributed by atoms with E-state index in [1.54, 1.807) is 0 Å². The second kappa shape index (κ2) is 10.9. The molecule has 0 saturated carbocycles. The van der Waals surface area contributed by atoms with Gasteiger partial charge in [-0.1, -0.05) is 127 Å². The molecule has 0 amide bonds. The average molecular weight is 600 g/mol. The third-order valence-corrected chi connectivity index (χ3v) is 9.30. The zero-order chi connectivity index (χ0) is 31.2. The summed E-state index contributed by atoms with van der Waals surface area (Å²) in [6.45, 7) is 0. The number of fused-ring (bicyclic) bond motifs is 6. The minimum atomic E-state index is -0.619. The smallest absolute Gasteiger partial charge is 0.137 e. The Balaban J connectivity index is 1.27. The first-order chi connectivity index (χ1) is 23.3. The van der Waals surface area contributed by atoms with E-state index in [1.165, 1.54) is 22.3 Å². The first-order valence-electron chi connectivity index (χ1n) is 15.9. The standard InChI is InChI=1S/C45H29NO/c1-4-14-32(15-5-1)28-29-45(33-16-6-2-7-17-33)41-22-12-10-20-37(41)40-30-35(25-27-42(40)45)46(34-18-8-3-9-19-34)36-24-26-39-38-21-11-13-23-43(38)47-44(39)31-36/h1-27,30-31H. The minimum Gasteiger partial charge on any atom is -0.456 e. The fraction of sp³-hybridized carbons (Fsp3) is 0.0222. The molecule has 0 radical (unpaired) electrons. The highest BCUT2D eigenvalue weighted by Crippen LogP contribution is 2.54. The Morgan fingerprint density at radius 3 is 1.89 bits per heavy atom. The van der Waals surface area contributed by atoms with Crippen molar-refractivity contribution in [1.82, 2.24) is 0 Å². The Labute approximate surface area is 274 Å². The Hall–Kier alpha value is -6.30. The summed E-state index contributed by atoms with van der Waals surface area (Å²) >= 11 is 0. The second-order valence-corrected chi connectivity index (χ2v) is 12.0. The van der Waals surface area contributed by atoms with E-state index in [9.17, 15) is 0 Å². The summed E-state index contributed by atoms with van der Waals surface area (Å²) in [4.78, 5) is 2.31. The number of hydrogen-bond acceptors (Lipinski definition) is 2. The molecule has 1 aliphatic carbocycles. The van der Waals surface area contributed by atoms with Crippen molar-refractivity contribution in [2.75, 3.05) is 4.90 Å². The molecule has 220 valence electrons. The Kier molecular flexibility index (Phi) is 6.30. The van der Waals surface area contributed by atoms with Gasteiger partial charge in [0.1, 0.15) is 16.6 Å². The molecule has 0 N–H and O–H groups in total. The third kappa shape index (κ3) is 4.36. The van der Waals surface area contributed by atoms with Gasteiger partial charge in [0.2, 0.25) is 0 Å². The van der Waals surface area contributed by atoms with Gasteiger partial charge < -0.3 is 9.32 Å². The number of rotatable bonds is 4. The molecule has 1 aromatic heterocycles. The molecule has 0 saturated heterocycles. The molecule has 1 unspecified atom stereocenters. The van der Waals surface area contributed by atoms with Gasteiger partial charge >= 0.3 is 0 Å². The zero-order valence-electron chi connectivity index (χ0n) is 25.6. The maximum absolute atomic E-state index is 6.33. The van der Waals surface area contributed by atoms with Crippen molar-refractivity contribution in [1.29, 1.82) is 0 Å². The number of anilines is 3. The van der Waals surface area contributed by atoms with Crippen LogP contribution in [0.5, 0.6) is 0 Å². The molecule has 9 rings (SSSR count). The number of benzene rings is 7. The van der Waals surface area contributed by atoms with Crippen molar-refractivity contribution in [3.05, 3.63) is 198 Å². The molecule has 7 aromatic carbocycles. The van der Waals surface area contributed by atoms with Crippen molar-refractivity contribution >= 4 is 39.0 Å². The van der Waals surface area contributed by atoms with Crippen LogP contribution in [0, 0.1) is 11.8 Å². The Morgan fingerprint density at radius 2 is 1.06 bits per heavy atom. The van der Waals surface area contributed by atoms with Gasteiger partial charge in [0.25, 0.3) is 0 Å². The fourth-order valence-corrected chi connectivity index (χ4v) is 7.18. The second-order valence-electron chi connectivity index (χ2n) is 12.0. The number of hydrogen-bond donors (Lipinski definition) is 0. The van der Waals surface area contributed by atoms with Gasteiger partial charge in [-0.2, -0.15) is 0 Å². The van der Waals surface area contributed by atoms with Crippen molar-refractivity contribution in [3.63, 3.8) is 0 Å². The molecule has 2 heteroatoms. The predicted molar refractivity (Wildman–Crippen MR) is 193 cm³/mol. The molecular formula is C45H29NO. The molecular weight excluding hydrogens is 571 g/mol. The topological polar surface area (TPSA) is 16.4 Å². The highest BCUT2D eigenvalue weighted by atomic mass is 16.3. The minimum absolute atomic E-state index is 0.619. The van der Waals surface area contributed by atoms with Crippen molar-refractivity contribution in [2.24, 2.45) is 0 Å². The van der Waals surface area contributed by atoms with Crippen LogP contribution in [0.4, 0.5) is 17.1 Å². The predicted octanol–water partition coefficient (Wildman–Crippen LogP) is 11.4. The molecule has 1 atom stereocenters. The van der Waals surface area contributed by atoms with Gasteiger partial charge in [-0.3, -0.25) is 0 Å². The summed E-state index contributed by atoms with van der Waals surface area (Å²) in [6.07, 6.45) is 0. The summed E-state index contributed by atoms with van der Waals surface area (Å²) in [5.74, 6) is 7.36. The monoisotopic (exact) mass is 599 g/mol. The summed E-state index contributed by atoms with van der Waals surface area (Å²) in [5.41, 5.74) is 11.3. The van der Waals surface area contributed by atoms with Gasteiger partial charge in [0, 0.05) is 39.5 Å². The molecule has 47 heavy (non-hydrogen) atoms. The van der Waals surface area contributed by atoms with E-state index < -0.39 is 5.41 Å². The molecule has 0 spiro atoms. The molecule has 1 aliphatic rings. The van der Waals surface area contributed by atoms with E-state index >= 15 is 0 Å². The molecule has 1 heterocycles. The lowest BCUT2D eigenvalue weighted by Crippen LogP contribution is -2.25. The SMILES string of the molecule is C(#CC1(c2ccccc2)c2ccccc2-c2cc(N(c3ccccc3)c3ccc4c(c3)oc3ccccc34)ccc21)c1ccccc1. The van der Waals surface area contributed by atoms with Gasteiger partial charge in [-0.05, 0) is 82.4 Å². The number of para-hydroxylation sites is 2. The average Bonchev–Trinajstić information content (AvgIpc) is 3.65. The molecule has 0 bridgehead atoms. The van der Waals surface area contributed by atoms with Crippen molar-refractivity contribution < 1.29 is 4.42 Å². The van der Waals surface area contributed by atoms with Crippen LogP contribution in [0.15, 0.2) is 180 Å². The van der Waals surface area contributed by atoms with E-state index in [2.05, 4.69) is 162 Å². The zero-order valence-corrected chi connectivity index (χ0v) is 25.6. The lowest BCUT2D eigenvalue weighted by Gasteiger charge is -2.29. The molecule has 8 aromatic rings. The summed E-state index contributed by atoms with van der Waals surface area (Å²) in [6, 6.07) is 61.9. The van der Waals surface area contributed by atoms with E-state index in [4.69, 9.17) is 4.42 Å². The normalized spacial score (nSPS) is 14.7. The highest BCUT2D eigenvalue weighted by molar-refractivity contribution is 6.06. The van der Waals surface area contributed by atoms with E-state index in [0.29, 0.717) is 0 Å². The first kappa shape index (κ1) is 27.0. The van der Waals surface area contributed by atoms with E-state index in [0.717, 1.165) is 50.1 Å². The Morgan fingerprint density at radius 1 is 0.447 bits per heavy atom. The first-order valence-corrected chi connectivity index (χ1v) is 15.9. The van der Waals surface area contributed by atoms with E-state index in [-0.39, 0.29) is 0 Å². The van der Waals surface area contributed by atoms with E-state index in [1.807, 2.05) is 30.3 Å². The lowest BCUT2D eigenvalue weighted by atomic mass is 9.73. The molecule has 0 aliphatic heterocycles. The fourth-order valence-electron chi connectivity index (χ4n) is 7.18. The highest BCUT2D eigenvalue weighted by Gasteiger charge is 2.43.